The lowest BCUT2D eigenvalue weighted by molar-refractivity contribution is 0.112. The van der Waals surface area contributed by atoms with Gasteiger partial charge in [-0.3, -0.25) is 4.79 Å². The first kappa shape index (κ1) is 7.55. The van der Waals surface area contributed by atoms with Gasteiger partial charge >= 0.3 is 0 Å². The Morgan fingerprint density at radius 1 is 1.73 bits per heavy atom. The molecule has 0 radical (unpaired) electrons. The normalized spacial score (nSPS) is 9.18. The number of hydrogen-bond donors (Lipinski definition) is 0. The Kier molecular flexibility index (Phi) is 1.77. The molecule has 3 nitrogen and oxygen atoms in total. The van der Waals surface area contributed by atoms with E-state index in [1.54, 1.807) is 17.7 Å². The van der Waals surface area contributed by atoms with Crippen molar-refractivity contribution in [2.75, 3.05) is 0 Å². The molecule has 3 heteroatoms. The third kappa shape index (κ3) is 1.03. The fraction of sp³-hybridized carbons (Fsp3) is 0.250. The molecule has 0 aliphatic heterocycles. The molecule has 0 spiro atoms. The lowest BCUT2D eigenvalue weighted by Crippen LogP contribution is -1.94. The minimum Gasteiger partial charge on any atom is -0.339 e. The molecule has 0 unspecified atom stereocenters. The van der Waals surface area contributed by atoms with Crippen molar-refractivity contribution in [3.8, 4) is 6.07 Å². The lowest BCUT2D eigenvalue weighted by atomic mass is 10.3. The van der Waals surface area contributed by atoms with Gasteiger partial charge in [0.2, 0.25) is 0 Å². The topological polar surface area (TPSA) is 45.8 Å². The molecular formula is C8H8N2O. The van der Waals surface area contributed by atoms with Crippen LogP contribution < -0.4 is 0 Å². The number of aromatic nitrogens is 1. The molecule has 0 saturated heterocycles. The molecule has 0 atom stereocenters. The number of aldehydes is 1. The average molecular weight is 148 g/mol. The van der Waals surface area contributed by atoms with E-state index in [2.05, 4.69) is 0 Å². The van der Waals surface area contributed by atoms with E-state index in [0.717, 1.165) is 12.0 Å². The van der Waals surface area contributed by atoms with E-state index < -0.39 is 0 Å². The highest BCUT2D eigenvalue weighted by Crippen LogP contribution is 2.10. The van der Waals surface area contributed by atoms with Crippen LogP contribution in [0.15, 0.2) is 6.07 Å². The number of nitriles is 1. The molecule has 1 aromatic rings. The molecule has 0 fully saturated rings. The molecule has 0 aliphatic carbocycles. The molecule has 0 aliphatic rings. The van der Waals surface area contributed by atoms with E-state index in [4.69, 9.17) is 5.26 Å². The predicted octanol–water partition coefficient (Wildman–Crippen LogP) is 1.02. The van der Waals surface area contributed by atoms with Gasteiger partial charge in [0.1, 0.15) is 11.8 Å². The Hall–Kier alpha value is -1.56. The number of carbonyl (C=O) groups excluding carboxylic acids is 1. The number of rotatable bonds is 1. The smallest absolute Gasteiger partial charge is 0.151 e. The number of hydrogen-bond acceptors (Lipinski definition) is 2. The fourth-order valence-corrected chi connectivity index (χ4v) is 0.949. The van der Waals surface area contributed by atoms with Gasteiger partial charge in [0.15, 0.2) is 6.29 Å². The summed E-state index contributed by atoms with van der Waals surface area (Å²) in [5.41, 5.74) is 1.94. The van der Waals surface area contributed by atoms with Crippen molar-refractivity contribution in [3.63, 3.8) is 0 Å². The van der Waals surface area contributed by atoms with Gasteiger partial charge in [0.25, 0.3) is 0 Å². The largest absolute Gasteiger partial charge is 0.339 e. The summed E-state index contributed by atoms with van der Waals surface area (Å²) in [6.45, 7) is 1.81. The van der Waals surface area contributed by atoms with Gasteiger partial charge < -0.3 is 4.57 Å². The highest BCUT2D eigenvalue weighted by atomic mass is 16.1. The average Bonchev–Trinajstić information content (AvgIpc) is 2.30. The third-order valence-corrected chi connectivity index (χ3v) is 1.82. The molecule has 1 rings (SSSR count). The molecule has 0 saturated carbocycles. The van der Waals surface area contributed by atoms with Crippen LogP contribution in [-0.4, -0.2) is 10.9 Å². The molecular weight excluding hydrogens is 140 g/mol. The fourth-order valence-electron chi connectivity index (χ4n) is 0.949. The molecule has 0 aromatic carbocycles. The predicted molar refractivity (Wildman–Crippen MR) is 40.3 cm³/mol. The second kappa shape index (κ2) is 2.59. The minimum absolute atomic E-state index is 0.518. The van der Waals surface area contributed by atoms with Gasteiger partial charge in [-0.2, -0.15) is 5.26 Å². The van der Waals surface area contributed by atoms with Gasteiger partial charge in [-0.1, -0.05) is 0 Å². The van der Waals surface area contributed by atoms with Crippen molar-refractivity contribution in [1.82, 2.24) is 4.57 Å². The van der Waals surface area contributed by atoms with Crippen LogP contribution in [-0.2, 0) is 7.05 Å². The van der Waals surface area contributed by atoms with Crippen molar-refractivity contribution in [3.05, 3.63) is 23.0 Å². The van der Waals surface area contributed by atoms with E-state index >= 15 is 0 Å². The van der Waals surface area contributed by atoms with Gasteiger partial charge in [0.05, 0.1) is 0 Å². The quantitative estimate of drug-likeness (QED) is 0.558. The molecule has 0 bridgehead atoms. The maximum Gasteiger partial charge on any atom is 0.151 e. The van der Waals surface area contributed by atoms with Crippen molar-refractivity contribution in [2.24, 2.45) is 7.05 Å². The van der Waals surface area contributed by atoms with Gasteiger partial charge in [-0.05, 0) is 13.0 Å². The van der Waals surface area contributed by atoms with Crippen molar-refractivity contribution in [1.29, 1.82) is 5.26 Å². The second-order valence-corrected chi connectivity index (χ2v) is 2.36. The summed E-state index contributed by atoms with van der Waals surface area (Å²) in [7, 11) is 1.76. The van der Waals surface area contributed by atoms with Crippen LogP contribution in [0.4, 0.5) is 0 Å². The van der Waals surface area contributed by atoms with Crippen LogP contribution in [0.3, 0.4) is 0 Å². The minimum atomic E-state index is 0.518. The second-order valence-electron chi connectivity index (χ2n) is 2.36. The monoisotopic (exact) mass is 148 g/mol. The SMILES string of the molecule is Cc1c(C=O)cc(C#N)n1C. The summed E-state index contributed by atoms with van der Waals surface area (Å²) in [6, 6.07) is 3.58. The first-order chi connectivity index (χ1) is 5.20. The number of carbonyl (C=O) groups is 1. The first-order valence-corrected chi connectivity index (χ1v) is 3.22. The Labute approximate surface area is 64.9 Å². The lowest BCUT2D eigenvalue weighted by Gasteiger charge is -1.95. The maximum absolute atomic E-state index is 10.4. The van der Waals surface area contributed by atoms with Gasteiger partial charge in [-0.15, -0.1) is 0 Å². The first-order valence-electron chi connectivity index (χ1n) is 3.22. The standard InChI is InChI=1S/C8H8N2O/c1-6-7(5-11)3-8(4-9)10(6)2/h3,5H,1-2H3. The van der Waals surface area contributed by atoms with Crippen LogP contribution in [0.5, 0.6) is 0 Å². The summed E-state index contributed by atoms with van der Waals surface area (Å²) in [4.78, 5) is 10.4. The molecule has 11 heavy (non-hydrogen) atoms. The van der Waals surface area contributed by atoms with E-state index in [0.29, 0.717) is 11.3 Å². The summed E-state index contributed by atoms with van der Waals surface area (Å²) in [5, 5.41) is 8.56. The van der Waals surface area contributed by atoms with Crippen molar-refractivity contribution in [2.45, 2.75) is 6.92 Å². The zero-order valence-corrected chi connectivity index (χ0v) is 6.46. The van der Waals surface area contributed by atoms with Gasteiger partial charge in [-0.25, -0.2) is 0 Å². The zero-order chi connectivity index (χ0) is 8.43. The summed E-state index contributed by atoms with van der Waals surface area (Å²) in [6.07, 6.45) is 0.760. The summed E-state index contributed by atoms with van der Waals surface area (Å²) >= 11 is 0. The Bertz CT molecular complexity index is 331. The Morgan fingerprint density at radius 2 is 2.36 bits per heavy atom. The van der Waals surface area contributed by atoms with E-state index in [1.807, 2.05) is 13.0 Å². The molecule has 1 aromatic heterocycles. The van der Waals surface area contributed by atoms with Crippen molar-refractivity contribution < 1.29 is 4.79 Å². The van der Waals surface area contributed by atoms with Crippen LogP contribution >= 0.6 is 0 Å². The summed E-state index contributed by atoms with van der Waals surface area (Å²) in [5.74, 6) is 0. The van der Waals surface area contributed by atoms with Crippen LogP contribution in [0.1, 0.15) is 21.7 Å². The Balaban J connectivity index is 3.37. The zero-order valence-electron chi connectivity index (χ0n) is 6.46. The molecule has 0 N–H and O–H groups in total. The number of nitrogens with zero attached hydrogens (tertiary/aromatic N) is 2. The van der Waals surface area contributed by atoms with Crippen LogP contribution in [0, 0.1) is 18.3 Å². The maximum atomic E-state index is 10.4. The Morgan fingerprint density at radius 3 is 2.64 bits per heavy atom. The van der Waals surface area contributed by atoms with Gasteiger partial charge in [0, 0.05) is 18.3 Å². The van der Waals surface area contributed by atoms with Crippen molar-refractivity contribution >= 4 is 6.29 Å². The molecule has 56 valence electrons. The highest BCUT2D eigenvalue weighted by molar-refractivity contribution is 5.77. The highest BCUT2D eigenvalue weighted by Gasteiger charge is 2.06. The van der Waals surface area contributed by atoms with E-state index in [-0.39, 0.29) is 0 Å². The third-order valence-electron chi connectivity index (χ3n) is 1.82. The van der Waals surface area contributed by atoms with E-state index in [1.165, 1.54) is 0 Å². The van der Waals surface area contributed by atoms with Crippen LogP contribution in [0.25, 0.3) is 0 Å². The molecule has 0 amide bonds. The van der Waals surface area contributed by atoms with Crippen LogP contribution in [0.2, 0.25) is 0 Å². The molecule has 1 heterocycles. The summed E-state index contributed by atoms with van der Waals surface area (Å²) < 4.78 is 1.70. The van der Waals surface area contributed by atoms with E-state index in [9.17, 15) is 4.79 Å².